The van der Waals surface area contributed by atoms with Crippen molar-refractivity contribution in [2.75, 3.05) is 6.54 Å². The number of H-pyrrole nitrogens is 1. The molecule has 2 N–H and O–H groups in total. The first kappa shape index (κ1) is 11.2. The van der Waals surface area contributed by atoms with Crippen LogP contribution in [0.15, 0.2) is 0 Å². The van der Waals surface area contributed by atoms with Crippen molar-refractivity contribution in [1.82, 2.24) is 15.5 Å². The summed E-state index contributed by atoms with van der Waals surface area (Å²) >= 11 is 0. The van der Waals surface area contributed by atoms with Gasteiger partial charge in [0.25, 0.3) is 5.91 Å². The Balaban J connectivity index is 2.23. The summed E-state index contributed by atoms with van der Waals surface area (Å²) in [7, 11) is 0. The maximum atomic E-state index is 11.8. The largest absolute Gasteiger partial charge is 0.351 e. The van der Waals surface area contributed by atoms with E-state index in [2.05, 4.69) is 15.5 Å². The molecule has 1 aromatic rings. The molecule has 4 nitrogen and oxygen atoms in total. The molecule has 0 saturated heterocycles. The van der Waals surface area contributed by atoms with Crippen LogP contribution in [-0.2, 0) is 12.8 Å². The minimum absolute atomic E-state index is 0.0411. The average Bonchev–Trinajstić information content (AvgIpc) is 2.60. The van der Waals surface area contributed by atoms with Crippen molar-refractivity contribution in [1.29, 1.82) is 0 Å². The third-order valence-electron chi connectivity index (χ3n) is 3.11. The van der Waals surface area contributed by atoms with Crippen LogP contribution in [0.3, 0.4) is 0 Å². The van der Waals surface area contributed by atoms with Gasteiger partial charge in [-0.05, 0) is 32.6 Å². The van der Waals surface area contributed by atoms with Crippen LogP contribution >= 0.6 is 0 Å². The molecule has 16 heavy (non-hydrogen) atoms. The highest BCUT2D eigenvalue weighted by Crippen LogP contribution is 2.21. The van der Waals surface area contributed by atoms with Gasteiger partial charge in [0.05, 0.1) is 0 Å². The van der Waals surface area contributed by atoms with Crippen molar-refractivity contribution in [3.8, 4) is 0 Å². The number of hydrogen-bond acceptors (Lipinski definition) is 2. The van der Waals surface area contributed by atoms with Crippen molar-refractivity contribution < 1.29 is 4.79 Å². The summed E-state index contributed by atoms with van der Waals surface area (Å²) in [5.74, 6) is -0.0411. The lowest BCUT2D eigenvalue weighted by Gasteiger charge is -2.09. The Morgan fingerprint density at radius 1 is 1.31 bits per heavy atom. The predicted octanol–water partition coefficient (Wildman–Crippen LogP) is 1.82. The van der Waals surface area contributed by atoms with E-state index in [4.69, 9.17) is 0 Å². The Labute approximate surface area is 95.8 Å². The molecule has 1 aliphatic carbocycles. The van der Waals surface area contributed by atoms with E-state index in [1.165, 1.54) is 31.4 Å². The molecule has 2 rings (SSSR count). The van der Waals surface area contributed by atoms with Gasteiger partial charge in [0.1, 0.15) is 0 Å². The average molecular weight is 221 g/mol. The molecule has 1 amide bonds. The maximum absolute atomic E-state index is 11.8. The molecule has 1 aromatic heterocycles. The summed E-state index contributed by atoms with van der Waals surface area (Å²) in [6.07, 6.45) is 6.93. The zero-order valence-corrected chi connectivity index (χ0v) is 9.81. The second-order valence-corrected chi connectivity index (χ2v) is 4.30. The van der Waals surface area contributed by atoms with E-state index in [1.807, 2.05) is 6.92 Å². The minimum Gasteiger partial charge on any atom is -0.351 e. The highest BCUT2D eigenvalue weighted by molar-refractivity contribution is 5.93. The number of aryl methyl sites for hydroxylation is 1. The molecule has 88 valence electrons. The first-order chi connectivity index (χ1) is 7.83. The number of fused-ring (bicyclic) bond motifs is 1. The Hall–Kier alpha value is -1.32. The molecule has 0 atom stereocenters. The number of aromatic amines is 1. The monoisotopic (exact) mass is 221 g/mol. The molecular weight excluding hydrogens is 202 g/mol. The standard InChI is InChI=1S/C12H19N3O/c1-2-13-12(16)11-9-7-5-3-4-6-8-10(9)14-15-11/h2-8H2,1H3,(H,13,16)(H,14,15). The predicted molar refractivity (Wildman–Crippen MR) is 62.5 cm³/mol. The quantitative estimate of drug-likeness (QED) is 0.800. The van der Waals surface area contributed by atoms with E-state index in [0.717, 1.165) is 18.4 Å². The van der Waals surface area contributed by atoms with Crippen LogP contribution in [0.4, 0.5) is 0 Å². The first-order valence-electron chi connectivity index (χ1n) is 6.17. The third kappa shape index (κ3) is 2.26. The van der Waals surface area contributed by atoms with Crippen LogP contribution in [0.5, 0.6) is 0 Å². The number of nitrogens with zero attached hydrogens (tertiary/aromatic N) is 1. The van der Waals surface area contributed by atoms with Crippen LogP contribution in [0, 0.1) is 0 Å². The molecular formula is C12H19N3O. The normalized spacial score (nSPS) is 16.1. The van der Waals surface area contributed by atoms with Gasteiger partial charge in [0.15, 0.2) is 5.69 Å². The third-order valence-corrected chi connectivity index (χ3v) is 3.11. The maximum Gasteiger partial charge on any atom is 0.272 e. The number of carbonyl (C=O) groups is 1. The fourth-order valence-corrected chi connectivity index (χ4v) is 2.27. The summed E-state index contributed by atoms with van der Waals surface area (Å²) in [6, 6.07) is 0. The number of rotatable bonds is 2. The highest BCUT2D eigenvalue weighted by Gasteiger charge is 2.19. The van der Waals surface area contributed by atoms with E-state index in [-0.39, 0.29) is 5.91 Å². The van der Waals surface area contributed by atoms with E-state index < -0.39 is 0 Å². The summed E-state index contributed by atoms with van der Waals surface area (Å²) < 4.78 is 0. The van der Waals surface area contributed by atoms with Gasteiger partial charge in [-0.25, -0.2) is 0 Å². The Kier molecular flexibility index (Phi) is 3.59. The fourth-order valence-electron chi connectivity index (χ4n) is 2.27. The van der Waals surface area contributed by atoms with Gasteiger partial charge >= 0.3 is 0 Å². The van der Waals surface area contributed by atoms with E-state index >= 15 is 0 Å². The molecule has 1 heterocycles. The van der Waals surface area contributed by atoms with Crippen molar-refractivity contribution in [3.05, 3.63) is 17.0 Å². The van der Waals surface area contributed by atoms with Gasteiger partial charge in [-0.1, -0.05) is 12.8 Å². The zero-order chi connectivity index (χ0) is 11.4. The lowest BCUT2D eigenvalue weighted by atomic mass is 9.97. The molecule has 0 unspecified atom stereocenters. The van der Waals surface area contributed by atoms with Gasteiger partial charge in [0.2, 0.25) is 0 Å². The number of nitrogens with one attached hydrogen (secondary N) is 2. The summed E-state index contributed by atoms with van der Waals surface area (Å²) in [5, 5.41) is 10.00. The second kappa shape index (κ2) is 5.14. The van der Waals surface area contributed by atoms with Gasteiger partial charge < -0.3 is 5.32 Å². The summed E-state index contributed by atoms with van der Waals surface area (Å²) in [6.45, 7) is 2.58. The number of aromatic nitrogens is 2. The number of hydrogen-bond donors (Lipinski definition) is 2. The van der Waals surface area contributed by atoms with Crippen LogP contribution in [0.2, 0.25) is 0 Å². The molecule has 0 radical (unpaired) electrons. The molecule has 4 heteroatoms. The fraction of sp³-hybridized carbons (Fsp3) is 0.667. The minimum atomic E-state index is -0.0411. The highest BCUT2D eigenvalue weighted by atomic mass is 16.1. The van der Waals surface area contributed by atoms with Crippen molar-refractivity contribution in [2.24, 2.45) is 0 Å². The van der Waals surface area contributed by atoms with Crippen molar-refractivity contribution in [3.63, 3.8) is 0 Å². The first-order valence-corrected chi connectivity index (χ1v) is 6.17. The lowest BCUT2D eigenvalue weighted by Crippen LogP contribution is -2.24. The zero-order valence-electron chi connectivity index (χ0n) is 9.81. The molecule has 0 fully saturated rings. The molecule has 0 bridgehead atoms. The number of amides is 1. The molecule has 1 aliphatic rings. The van der Waals surface area contributed by atoms with Gasteiger partial charge in [-0.2, -0.15) is 5.10 Å². The van der Waals surface area contributed by atoms with E-state index in [9.17, 15) is 4.79 Å². The van der Waals surface area contributed by atoms with E-state index in [0.29, 0.717) is 12.2 Å². The summed E-state index contributed by atoms with van der Waals surface area (Å²) in [4.78, 5) is 11.8. The van der Waals surface area contributed by atoms with Crippen LogP contribution in [-0.4, -0.2) is 22.6 Å². The molecule has 0 spiro atoms. The second-order valence-electron chi connectivity index (χ2n) is 4.30. The van der Waals surface area contributed by atoms with E-state index in [1.54, 1.807) is 0 Å². The Morgan fingerprint density at radius 3 is 2.81 bits per heavy atom. The summed E-state index contributed by atoms with van der Waals surface area (Å²) in [5.41, 5.74) is 2.92. The Bertz CT molecular complexity index is 370. The smallest absolute Gasteiger partial charge is 0.272 e. The van der Waals surface area contributed by atoms with Crippen LogP contribution < -0.4 is 5.32 Å². The topological polar surface area (TPSA) is 57.8 Å². The molecule has 0 saturated carbocycles. The molecule has 0 aromatic carbocycles. The van der Waals surface area contributed by atoms with Crippen molar-refractivity contribution >= 4 is 5.91 Å². The SMILES string of the molecule is CCNC(=O)c1n[nH]c2c1CCCCCC2. The lowest BCUT2D eigenvalue weighted by molar-refractivity contribution is 0.0950. The van der Waals surface area contributed by atoms with Crippen molar-refractivity contribution in [2.45, 2.75) is 45.4 Å². The van der Waals surface area contributed by atoms with Crippen LogP contribution in [0.25, 0.3) is 0 Å². The van der Waals surface area contributed by atoms with Gasteiger partial charge in [0, 0.05) is 17.8 Å². The van der Waals surface area contributed by atoms with Crippen LogP contribution in [0.1, 0.15) is 54.4 Å². The number of carbonyl (C=O) groups excluding carboxylic acids is 1. The van der Waals surface area contributed by atoms with Gasteiger partial charge in [-0.3, -0.25) is 9.89 Å². The Morgan fingerprint density at radius 2 is 2.06 bits per heavy atom. The van der Waals surface area contributed by atoms with Gasteiger partial charge in [-0.15, -0.1) is 0 Å². The molecule has 0 aliphatic heterocycles.